The third-order valence-electron chi connectivity index (χ3n) is 3.65. The highest BCUT2D eigenvalue weighted by Gasteiger charge is 2.25. The van der Waals surface area contributed by atoms with Gasteiger partial charge in [0, 0.05) is 37.4 Å². The van der Waals surface area contributed by atoms with Gasteiger partial charge < -0.3 is 4.90 Å². The number of nitrogens with zero attached hydrogens (tertiary/aromatic N) is 1. The number of carbonyl (C=O) groups is 1. The fourth-order valence-electron chi connectivity index (χ4n) is 2.40. The van der Waals surface area contributed by atoms with Crippen LogP contribution in [-0.4, -0.2) is 33.5 Å². The Morgan fingerprint density at radius 2 is 1.89 bits per heavy atom. The second kappa shape index (κ2) is 5.33. The fourth-order valence-corrected chi connectivity index (χ4v) is 3.03. The first-order valence-electron chi connectivity index (χ1n) is 6.49. The van der Waals surface area contributed by atoms with Crippen LogP contribution >= 0.6 is 0 Å². The molecule has 4 nitrogen and oxygen atoms in total. The molecular formula is C14H19NO3S. The molecule has 19 heavy (non-hydrogen) atoms. The lowest BCUT2D eigenvalue weighted by molar-refractivity contribution is -0.123. The zero-order valence-corrected chi connectivity index (χ0v) is 12.1. The number of sulfone groups is 1. The molecule has 5 heteroatoms. The summed E-state index contributed by atoms with van der Waals surface area (Å²) < 4.78 is 22.8. The lowest BCUT2D eigenvalue weighted by Gasteiger charge is -2.33. The van der Waals surface area contributed by atoms with Gasteiger partial charge >= 0.3 is 0 Å². The van der Waals surface area contributed by atoms with Crippen LogP contribution in [0.3, 0.4) is 0 Å². The molecule has 0 spiro atoms. The van der Waals surface area contributed by atoms with Crippen LogP contribution in [0.15, 0.2) is 29.2 Å². The summed E-state index contributed by atoms with van der Waals surface area (Å²) in [7, 11) is -3.15. The van der Waals surface area contributed by atoms with Crippen molar-refractivity contribution in [1.82, 2.24) is 0 Å². The largest absolute Gasteiger partial charge is 0.370 e. The Bertz CT molecular complexity index is 563. The van der Waals surface area contributed by atoms with Gasteiger partial charge in [-0.05, 0) is 30.7 Å². The van der Waals surface area contributed by atoms with Crippen molar-refractivity contribution in [3.8, 4) is 0 Å². The minimum atomic E-state index is -3.15. The van der Waals surface area contributed by atoms with Gasteiger partial charge in [0.2, 0.25) is 0 Å². The van der Waals surface area contributed by atoms with Crippen LogP contribution in [0, 0.1) is 5.92 Å². The van der Waals surface area contributed by atoms with Gasteiger partial charge in [0.1, 0.15) is 5.78 Å². The van der Waals surface area contributed by atoms with Gasteiger partial charge in [-0.15, -0.1) is 0 Å². The normalized spacial score (nSPS) is 20.6. The van der Waals surface area contributed by atoms with Gasteiger partial charge in [-0.25, -0.2) is 8.42 Å². The summed E-state index contributed by atoms with van der Waals surface area (Å²) in [5, 5.41) is 0. The molecule has 0 saturated carbocycles. The van der Waals surface area contributed by atoms with E-state index in [1.54, 1.807) is 12.1 Å². The van der Waals surface area contributed by atoms with E-state index in [9.17, 15) is 13.2 Å². The van der Waals surface area contributed by atoms with Crippen molar-refractivity contribution in [3.63, 3.8) is 0 Å². The van der Waals surface area contributed by atoms with E-state index in [1.807, 2.05) is 19.1 Å². The summed E-state index contributed by atoms with van der Waals surface area (Å²) >= 11 is 0. The number of Topliss-reactive ketones (excluding diaryl/α,β-unsaturated/α-hetero) is 1. The van der Waals surface area contributed by atoms with E-state index in [-0.39, 0.29) is 5.92 Å². The molecule has 1 aliphatic rings. The Kier molecular flexibility index (Phi) is 3.94. The van der Waals surface area contributed by atoms with Crippen molar-refractivity contribution in [1.29, 1.82) is 0 Å². The van der Waals surface area contributed by atoms with Gasteiger partial charge in [-0.1, -0.05) is 6.92 Å². The van der Waals surface area contributed by atoms with E-state index in [0.29, 0.717) is 23.6 Å². The molecule has 104 valence electrons. The smallest absolute Gasteiger partial charge is 0.175 e. The zero-order chi connectivity index (χ0) is 14.0. The monoisotopic (exact) mass is 281 g/mol. The molecule has 1 aliphatic heterocycles. The number of piperidine rings is 1. The molecule has 1 atom stereocenters. The third kappa shape index (κ3) is 3.15. The molecular weight excluding hydrogens is 262 g/mol. The van der Waals surface area contributed by atoms with E-state index >= 15 is 0 Å². The number of carbonyl (C=O) groups excluding carboxylic acids is 1. The zero-order valence-electron chi connectivity index (χ0n) is 11.3. The molecule has 0 N–H and O–H groups in total. The van der Waals surface area contributed by atoms with E-state index in [4.69, 9.17) is 0 Å². The lowest BCUT2D eigenvalue weighted by Crippen LogP contribution is -2.40. The van der Waals surface area contributed by atoms with Crippen LogP contribution in [0.2, 0.25) is 0 Å². The first kappa shape index (κ1) is 14.1. The maximum Gasteiger partial charge on any atom is 0.175 e. The molecule has 2 rings (SSSR count). The van der Waals surface area contributed by atoms with Crippen LogP contribution in [0.1, 0.15) is 19.8 Å². The molecule has 0 radical (unpaired) electrons. The summed E-state index contributed by atoms with van der Waals surface area (Å²) in [4.78, 5) is 14.2. The second-order valence-corrected chi connectivity index (χ2v) is 7.05. The second-order valence-electron chi connectivity index (χ2n) is 5.03. The molecule has 1 unspecified atom stereocenters. The number of hydrogen-bond donors (Lipinski definition) is 0. The Balaban J connectivity index is 2.17. The highest BCUT2D eigenvalue weighted by molar-refractivity contribution is 7.90. The van der Waals surface area contributed by atoms with Crippen LogP contribution in [0.5, 0.6) is 0 Å². The minimum Gasteiger partial charge on any atom is -0.370 e. The van der Waals surface area contributed by atoms with Gasteiger partial charge in [0.25, 0.3) is 0 Å². The van der Waals surface area contributed by atoms with Crippen molar-refractivity contribution in [3.05, 3.63) is 24.3 Å². The fraction of sp³-hybridized carbons (Fsp3) is 0.500. The maximum atomic E-state index is 11.7. The van der Waals surface area contributed by atoms with Gasteiger partial charge in [-0.2, -0.15) is 0 Å². The van der Waals surface area contributed by atoms with Crippen molar-refractivity contribution in [2.24, 2.45) is 5.92 Å². The molecule has 1 aromatic rings. The number of ketones is 1. The van der Waals surface area contributed by atoms with Gasteiger partial charge in [-0.3, -0.25) is 4.79 Å². The molecule has 1 saturated heterocycles. The Morgan fingerprint density at radius 1 is 1.26 bits per heavy atom. The van der Waals surface area contributed by atoms with E-state index < -0.39 is 9.84 Å². The van der Waals surface area contributed by atoms with Gasteiger partial charge in [0.15, 0.2) is 9.84 Å². The summed E-state index contributed by atoms with van der Waals surface area (Å²) in [6.07, 6.45) is 2.64. The van der Waals surface area contributed by atoms with Crippen LogP contribution in [0.25, 0.3) is 0 Å². The lowest BCUT2D eigenvalue weighted by atomic mass is 9.94. The summed E-state index contributed by atoms with van der Waals surface area (Å²) in [6, 6.07) is 6.89. The molecule has 0 aliphatic carbocycles. The van der Waals surface area contributed by atoms with Crippen molar-refractivity contribution in [2.75, 3.05) is 24.2 Å². The predicted octanol–water partition coefficient (Wildman–Crippen LogP) is 1.90. The summed E-state index contributed by atoms with van der Waals surface area (Å²) in [6.45, 7) is 3.47. The topological polar surface area (TPSA) is 54.5 Å². The molecule has 0 bridgehead atoms. The van der Waals surface area contributed by atoms with Crippen molar-refractivity contribution < 1.29 is 13.2 Å². The molecule has 1 heterocycles. The number of hydrogen-bond acceptors (Lipinski definition) is 4. The van der Waals surface area contributed by atoms with E-state index in [1.165, 1.54) is 6.26 Å². The maximum absolute atomic E-state index is 11.7. The first-order valence-corrected chi connectivity index (χ1v) is 8.38. The van der Waals surface area contributed by atoms with Crippen molar-refractivity contribution >= 4 is 21.3 Å². The van der Waals surface area contributed by atoms with E-state index in [0.717, 1.165) is 18.7 Å². The van der Waals surface area contributed by atoms with Crippen LogP contribution in [-0.2, 0) is 14.6 Å². The number of benzene rings is 1. The standard InChI is InChI=1S/C14H19NO3S/c1-3-11-10-15(9-8-14(11)16)12-4-6-13(7-5-12)19(2,17)18/h4-7,11H,3,8-10H2,1-2H3. The van der Waals surface area contributed by atoms with Crippen LogP contribution in [0.4, 0.5) is 5.69 Å². The molecule has 1 fully saturated rings. The van der Waals surface area contributed by atoms with E-state index in [2.05, 4.69) is 4.90 Å². The number of rotatable bonds is 3. The quantitative estimate of drug-likeness (QED) is 0.849. The predicted molar refractivity (Wildman–Crippen MR) is 75.2 cm³/mol. The summed E-state index contributed by atoms with van der Waals surface area (Å²) in [5.41, 5.74) is 0.985. The molecule has 0 aromatic heterocycles. The Labute approximate surface area is 114 Å². The molecule has 1 aromatic carbocycles. The van der Waals surface area contributed by atoms with Crippen molar-refractivity contribution in [2.45, 2.75) is 24.7 Å². The SMILES string of the molecule is CCC1CN(c2ccc(S(C)(=O)=O)cc2)CCC1=O. The Morgan fingerprint density at radius 3 is 2.42 bits per heavy atom. The van der Waals surface area contributed by atoms with Gasteiger partial charge in [0.05, 0.1) is 4.90 Å². The average molecular weight is 281 g/mol. The number of anilines is 1. The van der Waals surface area contributed by atoms with Crippen LogP contribution < -0.4 is 4.90 Å². The highest BCUT2D eigenvalue weighted by Crippen LogP contribution is 2.24. The minimum absolute atomic E-state index is 0.100. The average Bonchev–Trinajstić information content (AvgIpc) is 2.38. The molecule has 0 amide bonds. The highest BCUT2D eigenvalue weighted by atomic mass is 32.2. The first-order chi connectivity index (χ1) is 8.91. The summed E-state index contributed by atoms with van der Waals surface area (Å²) in [5.74, 6) is 0.440. The Hall–Kier alpha value is -1.36. The third-order valence-corrected chi connectivity index (χ3v) is 4.78.